The molecule has 144 valence electrons. The second-order valence-electron chi connectivity index (χ2n) is 6.33. The monoisotopic (exact) mass is 385 g/mol. The van der Waals surface area contributed by atoms with Gasteiger partial charge in [-0.25, -0.2) is 14.8 Å². The average Bonchev–Trinajstić information content (AvgIpc) is 2.78. The van der Waals surface area contributed by atoms with Gasteiger partial charge < -0.3 is 14.8 Å². The van der Waals surface area contributed by atoms with Crippen LogP contribution in [0.3, 0.4) is 0 Å². The quantitative estimate of drug-likeness (QED) is 0.480. The summed E-state index contributed by atoms with van der Waals surface area (Å²) in [5.41, 5.74) is 1.05. The molecule has 0 amide bonds. The molecule has 0 spiro atoms. The summed E-state index contributed by atoms with van der Waals surface area (Å²) in [7, 11) is 1.30. The van der Waals surface area contributed by atoms with Gasteiger partial charge in [0.2, 0.25) is 5.82 Å². The van der Waals surface area contributed by atoms with Crippen molar-refractivity contribution in [1.29, 1.82) is 0 Å². The van der Waals surface area contributed by atoms with Crippen LogP contribution in [-0.4, -0.2) is 23.0 Å². The van der Waals surface area contributed by atoms with Gasteiger partial charge in [0.1, 0.15) is 17.3 Å². The van der Waals surface area contributed by atoms with Crippen molar-refractivity contribution in [1.82, 2.24) is 9.97 Å². The Bertz CT molecular complexity index is 1140. The van der Waals surface area contributed by atoms with E-state index in [1.54, 1.807) is 6.07 Å². The highest BCUT2D eigenvalue weighted by Crippen LogP contribution is 2.29. The van der Waals surface area contributed by atoms with E-state index in [0.29, 0.717) is 12.4 Å². The molecular formula is C23H19N3O3. The zero-order chi connectivity index (χ0) is 20.1. The molecule has 0 fully saturated rings. The van der Waals surface area contributed by atoms with Crippen molar-refractivity contribution in [3.05, 3.63) is 90.4 Å². The predicted octanol–water partition coefficient (Wildman–Crippen LogP) is 4.82. The van der Waals surface area contributed by atoms with Crippen molar-refractivity contribution in [3.63, 3.8) is 0 Å². The summed E-state index contributed by atoms with van der Waals surface area (Å²) in [6, 6.07) is 23.7. The Morgan fingerprint density at radius 2 is 1.76 bits per heavy atom. The molecule has 29 heavy (non-hydrogen) atoms. The number of hydrogen-bond donors (Lipinski definition) is 1. The largest absolute Gasteiger partial charge is 0.463 e. The van der Waals surface area contributed by atoms with Crippen LogP contribution in [-0.2, 0) is 11.3 Å². The van der Waals surface area contributed by atoms with Crippen LogP contribution in [0.5, 0.6) is 11.5 Å². The van der Waals surface area contributed by atoms with E-state index in [0.717, 1.165) is 27.8 Å². The number of hydrogen-bond acceptors (Lipinski definition) is 6. The molecule has 0 saturated carbocycles. The van der Waals surface area contributed by atoms with Gasteiger partial charge >= 0.3 is 5.97 Å². The molecule has 0 aliphatic heterocycles. The maximum atomic E-state index is 11.5. The van der Waals surface area contributed by atoms with Crippen LogP contribution >= 0.6 is 0 Å². The number of anilines is 1. The zero-order valence-corrected chi connectivity index (χ0v) is 15.8. The Morgan fingerprint density at radius 3 is 2.59 bits per heavy atom. The summed E-state index contributed by atoms with van der Waals surface area (Å²) >= 11 is 0. The highest BCUT2D eigenvalue weighted by Gasteiger charge is 2.09. The molecule has 0 radical (unpaired) electrons. The maximum Gasteiger partial charge on any atom is 0.376 e. The van der Waals surface area contributed by atoms with Crippen LogP contribution in [0.2, 0.25) is 0 Å². The first-order valence-corrected chi connectivity index (χ1v) is 9.13. The number of nitrogens with one attached hydrogen (secondary N) is 1. The van der Waals surface area contributed by atoms with E-state index in [1.165, 1.54) is 13.3 Å². The molecule has 0 aliphatic carbocycles. The van der Waals surface area contributed by atoms with Crippen molar-refractivity contribution in [3.8, 4) is 11.5 Å². The lowest BCUT2D eigenvalue weighted by molar-refractivity contribution is 0.0587. The Labute approximate surface area is 168 Å². The first kappa shape index (κ1) is 18.4. The highest BCUT2D eigenvalue weighted by atomic mass is 16.5. The fraction of sp³-hybridized carbons (Fsp3) is 0.0870. The molecule has 1 N–H and O–H groups in total. The highest BCUT2D eigenvalue weighted by molar-refractivity contribution is 5.88. The third-order valence-electron chi connectivity index (χ3n) is 4.40. The number of ether oxygens (including phenoxy) is 2. The van der Waals surface area contributed by atoms with Crippen LogP contribution in [0.25, 0.3) is 10.8 Å². The van der Waals surface area contributed by atoms with E-state index in [9.17, 15) is 4.79 Å². The molecule has 0 aliphatic rings. The molecule has 0 bridgehead atoms. The van der Waals surface area contributed by atoms with Gasteiger partial charge in [0, 0.05) is 18.1 Å². The number of aromatic nitrogens is 2. The molecule has 1 aromatic heterocycles. The topological polar surface area (TPSA) is 73.3 Å². The number of carbonyl (C=O) groups excluding carboxylic acids is 1. The minimum atomic E-state index is -0.566. The van der Waals surface area contributed by atoms with Gasteiger partial charge in [-0.3, -0.25) is 0 Å². The summed E-state index contributed by atoms with van der Waals surface area (Å²) in [6.45, 7) is 0.548. The van der Waals surface area contributed by atoms with E-state index in [1.807, 2.05) is 54.6 Å². The number of esters is 1. The van der Waals surface area contributed by atoms with E-state index in [4.69, 9.17) is 4.74 Å². The Kier molecular flexibility index (Phi) is 5.33. The summed E-state index contributed by atoms with van der Waals surface area (Å²) < 4.78 is 10.7. The van der Waals surface area contributed by atoms with Gasteiger partial charge in [-0.2, -0.15) is 0 Å². The molecule has 4 rings (SSSR count). The molecule has 0 atom stereocenters. The lowest BCUT2D eigenvalue weighted by atomic mass is 10.1. The van der Waals surface area contributed by atoms with E-state index < -0.39 is 5.97 Å². The number of nitrogens with zero attached hydrogens (tertiary/aromatic N) is 2. The van der Waals surface area contributed by atoms with Crippen molar-refractivity contribution in [2.24, 2.45) is 0 Å². The number of fused-ring (bicyclic) bond motifs is 1. The second kappa shape index (κ2) is 8.39. The predicted molar refractivity (Wildman–Crippen MR) is 111 cm³/mol. The van der Waals surface area contributed by atoms with Crippen molar-refractivity contribution >= 4 is 22.6 Å². The van der Waals surface area contributed by atoms with Crippen LogP contribution in [0.4, 0.5) is 5.82 Å². The first-order valence-electron chi connectivity index (χ1n) is 9.13. The van der Waals surface area contributed by atoms with Crippen molar-refractivity contribution in [2.45, 2.75) is 6.54 Å². The molecule has 3 aromatic carbocycles. The molecular weight excluding hydrogens is 366 g/mol. The second-order valence-corrected chi connectivity index (χ2v) is 6.33. The fourth-order valence-corrected chi connectivity index (χ4v) is 2.93. The third-order valence-corrected chi connectivity index (χ3v) is 4.40. The molecule has 0 saturated heterocycles. The summed E-state index contributed by atoms with van der Waals surface area (Å²) in [5.74, 6) is 1.60. The number of benzene rings is 3. The van der Waals surface area contributed by atoms with Crippen molar-refractivity contribution < 1.29 is 14.3 Å². The normalized spacial score (nSPS) is 10.5. The number of methoxy groups -OCH3 is 1. The summed E-state index contributed by atoms with van der Waals surface area (Å²) in [5, 5.41) is 5.39. The first-order chi connectivity index (χ1) is 14.2. The Morgan fingerprint density at radius 1 is 0.966 bits per heavy atom. The molecule has 0 unspecified atom stereocenters. The number of carbonyl (C=O) groups is 1. The van der Waals surface area contributed by atoms with Crippen LogP contribution in [0.1, 0.15) is 16.2 Å². The average molecular weight is 385 g/mol. The minimum absolute atomic E-state index is 0.0244. The molecule has 4 aromatic rings. The third kappa shape index (κ3) is 4.32. The van der Waals surface area contributed by atoms with Gasteiger partial charge in [0.15, 0.2) is 0 Å². The fourth-order valence-electron chi connectivity index (χ4n) is 2.93. The SMILES string of the molecule is COC(=O)c1nccc(NCc2ccc(Oc3cccc4ccccc34)cc2)n1. The van der Waals surface area contributed by atoms with Gasteiger partial charge in [0.05, 0.1) is 7.11 Å². The summed E-state index contributed by atoms with van der Waals surface area (Å²) in [4.78, 5) is 19.6. The van der Waals surface area contributed by atoms with Crippen LogP contribution in [0.15, 0.2) is 79.0 Å². The molecule has 6 heteroatoms. The summed E-state index contributed by atoms with van der Waals surface area (Å²) in [6.07, 6.45) is 1.52. The smallest absolute Gasteiger partial charge is 0.376 e. The standard InChI is InChI=1S/C23H19N3O3/c1-28-23(27)22-24-14-13-21(26-22)25-15-16-9-11-18(12-10-16)29-20-8-4-6-17-5-2-3-7-19(17)20/h2-14H,15H2,1H3,(H,24,25,26). The zero-order valence-electron chi connectivity index (χ0n) is 15.8. The Balaban J connectivity index is 1.42. The van der Waals surface area contributed by atoms with Gasteiger partial charge in [0.25, 0.3) is 0 Å². The van der Waals surface area contributed by atoms with Gasteiger partial charge in [-0.15, -0.1) is 0 Å². The van der Waals surface area contributed by atoms with E-state index >= 15 is 0 Å². The van der Waals surface area contributed by atoms with Crippen LogP contribution in [0, 0.1) is 0 Å². The van der Waals surface area contributed by atoms with Crippen LogP contribution < -0.4 is 10.1 Å². The van der Waals surface area contributed by atoms with E-state index in [-0.39, 0.29) is 5.82 Å². The Hall–Kier alpha value is -3.93. The van der Waals surface area contributed by atoms with Gasteiger partial charge in [-0.05, 0) is 35.2 Å². The lowest BCUT2D eigenvalue weighted by Gasteiger charge is -2.10. The van der Waals surface area contributed by atoms with Crippen molar-refractivity contribution in [2.75, 3.05) is 12.4 Å². The molecule has 6 nitrogen and oxygen atoms in total. The number of rotatable bonds is 6. The van der Waals surface area contributed by atoms with Gasteiger partial charge in [-0.1, -0.05) is 48.5 Å². The molecule has 1 heterocycles. The lowest BCUT2D eigenvalue weighted by Crippen LogP contribution is -2.09. The maximum absolute atomic E-state index is 11.5. The van der Waals surface area contributed by atoms with E-state index in [2.05, 4.69) is 32.2 Å². The minimum Gasteiger partial charge on any atom is -0.463 e.